The first-order valence-electron chi connectivity index (χ1n) is 8.69. The number of likely N-dealkylation sites (N-methyl/N-ethyl adjacent to an activating group) is 2. The molecule has 5 rings (SSSR count). The van der Waals surface area contributed by atoms with Crippen molar-refractivity contribution in [3.8, 4) is 0 Å². The van der Waals surface area contributed by atoms with E-state index in [0.29, 0.717) is 17.9 Å². The van der Waals surface area contributed by atoms with E-state index in [4.69, 9.17) is 0 Å². The van der Waals surface area contributed by atoms with Crippen molar-refractivity contribution in [3.05, 3.63) is 70.8 Å². The van der Waals surface area contributed by atoms with Crippen molar-refractivity contribution < 1.29 is 0 Å². The fraction of sp³-hybridized carbons (Fsp3) is 0.429. The number of hydrogen-bond donors (Lipinski definition) is 0. The fourth-order valence-corrected chi connectivity index (χ4v) is 4.56. The maximum absolute atomic E-state index is 2.59. The van der Waals surface area contributed by atoms with E-state index in [9.17, 15) is 0 Å². The van der Waals surface area contributed by atoms with Crippen LogP contribution in [0.25, 0.3) is 0 Å². The molecule has 0 radical (unpaired) electrons. The van der Waals surface area contributed by atoms with E-state index in [1.54, 1.807) is 22.3 Å². The lowest BCUT2D eigenvalue weighted by molar-refractivity contribution is 0.172. The van der Waals surface area contributed by atoms with Crippen LogP contribution in [0, 0.1) is 0 Å². The van der Waals surface area contributed by atoms with Crippen LogP contribution in [0.1, 0.15) is 40.5 Å². The quantitative estimate of drug-likeness (QED) is 0.778. The summed E-state index contributed by atoms with van der Waals surface area (Å²) in [7, 11) is 6.62. The van der Waals surface area contributed by atoms with Gasteiger partial charge in [0, 0.05) is 31.0 Å². The molecule has 0 spiro atoms. The zero-order valence-electron chi connectivity index (χ0n) is 15.2. The second-order valence-corrected chi connectivity index (χ2v) is 7.38. The lowest BCUT2D eigenvalue weighted by Crippen LogP contribution is -2.47. The van der Waals surface area contributed by atoms with Gasteiger partial charge >= 0.3 is 0 Å². The van der Waals surface area contributed by atoms with Gasteiger partial charge in [-0.3, -0.25) is 0 Å². The number of halogens is 2. The summed E-state index contributed by atoms with van der Waals surface area (Å²) in [5, 5.41) is 0. The maximum Gasteiger partial charge on any atom is 0.0251 e. The highest BCUT2D eigenvalue weighted by molar-refractivity contribution is 5.85. The van der Waals surface area contributed by atoms with Crippen molar-refractivity contribution in [1.29, 1.82) is 0 Å². The molecule has 4 heteroatoms. The van der Waals surface area contributed by atoms with Crippen LogP contribution in [0.15, 0.2) is 48.5 Å². The number of hydrogen-bond acceptors (Lipinski definition) is 2. The molecule has 0 aromatic heterocycles. The first-order valence-corrected chi connectivity index (χ1v) is 8.69. The van der Waals surface area contributed by atoms with Crippen LogP contribution in [-0.2, 0) is 0 Å². The highest BCUT2D eigenvalue weighted by atomic mass is 35.5. The molecule has 3 aliphatic carbocycles. The molecule has 25 heavy (non-hydrogen) atoms. The number of fused-ring (bicyclic) bond motifs is 1. The van der Waals surface area contributed by atoms with Gasteiger partial charge in [0.2, 0.25) is 0 Å². The van der Waals surface area contributed by atoms with Crippen LogP contribution >= 0.6 is 24.8 Å². The van der Waals surface area contributed by atoms with Gasteiger partial charge in [0.15, 0.2) is 0 Å². The topological polar surface area (TPSA) is 6.48 Å². The average Bonchev–Trinajstić information content (AvgIpc) is 2.59. The Kier molecular flexibility index (Phi) is 6.56. The second kappa shape index (κ2) is 8.09. The molecule has 2 nitrogen and oxygen atoms in total. The van der Waals surface area contributed by atoms with Crippen LogP contribution in [0.4, 0.5) is 0 Å². The minimum absolute atomic E-state index is 0. The molecule has 1 atom stereocenters. The lowest BCUT2D eigenvalue weighted by atomic mass is 9.61. The van der Waals surface area contributed by atoms with Gasteiger partial charge in [-0.05, 0) is 49.8 Å². The molecular formula is C21H28Cl2N2. The SMILES string of the molecule is CN(C)CCN(C)C1CC2c3ccccc3C1c1ccccc12.Cl.Cl. The molecule has 136 valence electrons. The summed E-state index contributed by atoms with van der Waals surface area (Å²) in [5.41, 5.74) is 6.25. The van der Waals surface area contributed by atoms with Crippen LogP contribution in [0.5, 0.6) is 0 Å². The highest BCUT2D eigenvalue weighted by Crippen LogP contribution is 2.53. The normalized spacial score (nSPS) is 22.8. The average molecular weight is 379 g/mol. The zero-order chi connectivity index (χ0) is 16.0. The molecule has 0 heterocycles. The Labute approximate surface area is 164 Å². The largest absolute Gasteiger partial charge is 0.308 e. The summed E-state index contributed by atoms with van der Waals surface area (Å²) in [6.07, 6.45) is 1.25. The Morgan fingerprint density at radius 3 is 1.72 bits per heavy atom. The zero-order valence-corrected chi connectivity index (χ0v) is 16.8. The van der Waals surface area contributed by atoms with Crippen molar-refractivity contribution in [1.82, 2.24) is 9.80 Å². The second-order valence-electron chi connectivity index (χ2n) is 7.38. The molecule has 1 unspecified atom stereocenters. The summed E-state index contributed by atoms with van der Waals surface area (Å²) in [6.45, 7) is 2.25. The van der Waals surface area contributed by atoms with Crippen molar-refractivity contribution >= 4 is 24.8 Å². The Balaban J connectivity index is 0.00000113. The third kappa shape index (κ3) is 3.46. The van der Waals surface area contributed by atoms with Crippen molar-refractivity contribution in [3.63, 3.8) is 0 Å². The molecule has 0 N–H and O–H groups in total. The van der Waals surface area contributed by atoms with Crippen LogP contribution in [0.3, 0.4) is 0 Å². The van der Waals surface area contributed by atoms with E-state index in [2.05, 4.69) is 79.5 Å². The third-order valence-electron chi connectivity index (χ3n) is 5.74. The molecule has 0 saturated heterocycles. The highest BCUT2D eigenvalue weighted by Gasteiger charge is 2.44. The van der Waals surface area contributed by atoms with Crippen molar-refractivity contribution in [2.24, 2.45) is 0 Å². The molecule has 0 aliphatic heterocycles. The summed E-state index contributed by atoms with van der Waals surface area (Å²) >= 11 is 0. The minimum atomic E-state index is 0. The summed E-state index contributed by atoms with van der Waals surface area (Å²) in [6, 6.07) is 18.8. The van der Waals surface area contributed by atoms with Gasteiger partial charge in [-0.2, -0.15) is 0 Å². The Bertz CT molecular complexity index is 669. The molecular weight excluding hydrogens is 351 g/mol. The van der Waals surface area contributed by atoms with Gasteiger partial charge in [0.05, 0.1) is 0 Å². The number of benzene rings is 2. The van der Waals surface area contributed by atoms with Gasteiger partial charge in [-0.25, -0.2) is 0 Å². The van der Waals surface area contributed by atoms with Gasteiger partial charge in [-0.15, -0.1) is 24.8 Å². The minimum Gasteiger partial charge on any atom is -0.308 e. The van der Waals surface area contributed by atoms with Gasteiger partial charge < -0.3 is 9.80 Å². The first-order chi connectivity index (χ1) is 11.2. The number of rotatable bonds is 4. The molecule has 0 amide bonds. The summed E-state index contributed by atoms with van der Waals surface area (Å²) in [5.74, 6) is 1.10. The van der Waals surface area contributed by atoms with E-state index >= 15 is 0 Å². The van der Waals surface area contributed by atoms with E-state index in [1.165, 1.54) is 6.42 Å². The van der Waals surface area contributed by atoms with Gasteiger partial charge in [0.1, 0.15) is 0 Å². The molecule has 2 aromatic rings. The predicted molar refractivity (Wildman–Crippen MR) is 111 cm³/mol. The van der Waals surface area contributed by atoms with Crippen LogP contribution in [-0.4, -0.2) is 50.1 Å². The number of nitrogens with zero attached hydrogens (tertiary/aromatic N) is 2. The third-order valence-corrected chi connectivity index (χ3v) is 5.74. The molecule has 2 bridgehead atoms. The van der Waals surface area contributed by atoms with E-state index in [-0.39, 0.29) is 24.8 Å². The maximum atomic E-state index is 2.59. The smallest absolute Gasteiger partial charge is 0.0251 e. The van der Waals surface area contributed by atoms with Crippen LogP contribution < -0.4 is 0 Å². The van der Waals surface area contributed by atoms with Crippen LogP contribution in [0.2, 0.25) is 0 Å². The fourth-order valence-electron chi connectivity index (χ4n) is 4.56. The van der Waals surface area contributed by atoms with E-state index in [0.717, 1.165) is 13.1 Å². The summed E-state index contributed by atoms with van der Waals surface area (Å²) < 4.78 is 0. The molecule has 0 saturated carbocycles. The first kappa shape index (κ1) is 20.3. The van der Waals surface area contributed by atoms with Gasteiger partial charge in [0.25, 0.3) is 0 Å². The van der Waals surface area contributed by atoms with Gasteiger partial charge in [-0.1, -0.05) is 48.5 Å². The Morgan fingerprint density at radius 2 is 1.24 bits per heavy atom. The molecule has 2 aromatic carbocycles. The predicted octanol–water partition coefficient (Wildman–Crippen LogP) is 4.37. The Hall–Kier alpha value is -1.06. The van der Waals surface area contributed by atoms with E-state index < -0.39 is 0 Å². The lowest BCUT2D eigenvalue weighted by Gasteiger charge is -2.48. The molecule has 0 fully saturated rings. The Morgan fingerprint density at radius 1 is 0.760 bits per heavy atom. The monoisotopic (exact) mass is 378 g/mol. The standard InChI is InChI=1S/C21H26N2.2ClH/c1-22(2)12-13-23(3)20-14-19-15-8-4-6-10-17(15)21(20)18-11-7-5-9-16(18)19;;/h4-11,19-21H,12-14H2,1-3H3;2*1H. The van der Waals surface area contributed by atoms with Crippen molar-refractivity contribution in [2.75, 3.05) is 34.2 Å². The molecule has 3 aliphatic rings. The van der Waals surface area contributed by atoms with Crippen molar-refractivity contribution in [2.45, 2.75) is 24.3 Å². The summed E-state index contributed by atoms with van der Waals surface area (Å²) in [4.78, 5) is 4.86. The van der Waals surface area contributed by atoms with E-state index in [1.807, 2.05) is 0 Å².